The van der Waals surface area contributed by atoms with Crippen LogP contribution < -0.4 is 0 Å². The monoisotopic (exact) mass is 1220 g/mol. The van der Waals surface area contributed by atoms with Gasteiger partial charge in [0, 0.05) is 93.6 Å². The molecule has 0 aliphatic carbocycles. The molecule has 21 aromatic rings. The molecule has 21 rings (SSSR count). The molecule has 446 valence electrons. The third-order valence-electron chi connectivity index (χ3n) is 20.4. The van der Waals surface area contributed by atoms with Crippen molar-refractivity contribution in [1.82, 2.24) is 32.4 Å². The number of pyridine rings is 1. The Bertz CT molecular complexity index is 6840. The van der Waals surface area contributed by atoms with Gasteiger partial charge in [-0.1, -0.05) is 188 Å². The second kappa shape index (κ2) is 20.3. The Morgan fingerprint density at radius 3 is 0.906 bits per heavy atom. The van der Waals surface area contributed by atoms with Crippen molar-refractivity contribution in [2.45, 2.75) is 0 Å². The Hall–Kier alpha value is -13.0. The van der Waals surface area contributed by atoms with E-state index in [0.717, 1.165) is 121 Å². The van der Waals surface area contributed by atoms with Gasteiger partial charge in [0.2, 0.25) is 0 Å². The average molecular weight is 1220 g/mol. The zero-order valence-electron chi connectivity index (χ0n) is 51.9. The van der Waals surface area contributed by atoms with Crippen LogP contribution in [0.3, 0.4) is 0 Å². The number of rotatable bonds is 6. The van der Waals surface area contributed by atoms with Gasteiger partial charge in [-0.25, -0.2) is 0 Å². The van der Waals surface area contributed by atoms with Crippen LogP contribution in [-0.4, -0.2) is 32.4 Å². The third-order valence-corrected chi connectivity index (χ3v) is 20.4. The molecular weight excluding hydrogens is 1170 g/mol. The van der Waals surface area contributed by atoms with Gasteiger partial charge in [0.05, 0.1) is 83.1 Å². The summed E-state index contributed by atoms with van der Waals surface area (Å²) in [5.74, 6) is 0. The highest BCUT2D eigenvalue weighted by molar-refractivity contribution is 6.31. The highest BCUT2D eigenvalue weighted by Crippen LogP contribution is 2.47. The van der Waals surface area contributed by atoms with Gasteiger partial charge in [-0.3, -0.25) is 4.98 Å². The van der Waals surface area contributed by atoms with E-state index in [-0.39, 0.29) is 0 Å². The molecular formula is C89H55N7. The molecule has 0 radical (unpaired) electrons. The number of hydrogen-bond donors (Lipinski definition) is 0. The zero-order chi connectivity index (χ0) is 62.7. The second-order valence-corrected chi connectivity index (χ2v) is 25.4. The first-order valence-corrected chi connectivity index (χ1v) is 32.9. The summed E-state index contributed by atoms with van der Waals surface area (Å²) in [5, 5.41) is 17.2. The van der Waals surface area contributed by atoms with Crippen molar-refractivity contribution in [3.63, 3.8) is 0 Å². The minimum absolute atomic E-state index is 0.912. The molecule has 0 amide bonds. The maximum atomic E-state index is 5.54. The lowest BCUT2D eigenvalue weighted by Crippen LogP contribution is -2.08. The summed E-state index contributed by atoms with van der Waals surface area (Å²) in [6.45, 7) is 0. The van der Waals surface area contributed by atoms with Gasteiger partial charge in [0.1, 0.15) is 0 Å². The van der Waals surface area contributed by atoms with Crippen molar-refractivity contribution in [3.05, 3.63) is 334 Å². The van der Waals surface area contributed by atoms with E-state index in [4.69, 9.17) is 4.98 Å². The predicted octanol–water partition coefficient (Wildman–Crippen LogP) is 23.1. The van der Waals surface area contributed by atoms with E-state index < -0.39 is 0 Å². The van der Waals surface area contributed by atoms with Gasteiger partial charge in [0.15, 0.2) is 0 Å². The molecule has 0 saturated carbocycles. The molecule has 0 spiro atoms. The number of hydrogen-bond acceptors (Lipinski definition) is 1. The molecule has 0 aliphatic rings. The van der Waals surface area contributed by atoms with Crippen LogP contribution in [0.1, 0.15) is 0 Å². The summed E-state index contributed by atoms with van der Waals surface area (Å²) >= 11 is 0. The fourth-order valence-electron chi connectivity index (χ4n) is 16.6. The van der Waals surface area contributed by atoms with Crippen LogP contribution >= 0.6 is 0 Å². The second-order valence-electron chi connectivity index (χ2n) is 25.4. The topological polar surface area (TPSA) is 42.5 Å². The maximum Gasteiger partial charge on any atom is 0.0787 e. The molecule has 0 fully saturated rings. The van der Waals surface area contributed by atoms with E-state index >= 15 is 0 Å². The van der Waals surface area contributed by atoms with E-state index in [0.29, 0.717) is 0 Å². The van der Waals surface area contributed by atoms with Crippen molar-refractivity contribution in [2.24, 2.45) is 0 Å². The summed E-state index contributed by atoms with van der Waals surface area (Å²) in [5.41, 5.74) is 20.9. The van der Waals surface area contributed by atoms with Gasteiger partial charge < -0.3 is 27.4 Å². The summed E-state index contributed by atoms with van der Waals surface area (Å²) in [6.07, 6.45) is 1.97. The van der Waals surface area contributed by atoms with E-state index in [1.54, 1.807) is 0 Å². The number of para-hydroxylation sites is 10. The van der Waals surface area contributed by atoms with Gasteiger partial charge in [-0.2, -0.15) is 0 Å². The molecule has 6 heterocycles. The minimum atomic E-state index is 0.912. The first-order chi connectivity index (χ1) is 47.7. The molecule has 6 aromatic heterocycles. The summed E-state index contributed by atoms with van der Waals surface area (Å²) in [4.78, 5) is 5.54. The summed E-state index contributed by atoms with van der Waals surface area (Å²) in [7, 11) is 0. The van der Waals surface area contributed by atoms with Crippen molar-refractivity contribution in [2.75, 3.05) is 0 Å². The highest BCUT2D eigenvalue weighted by Gasteiger charge is 2.25. The smallest absolute Gasteiger partial charge is 0.0787 e. The standard InChI is InChI=1S/C89H55N7/c1-3-24-56(25-4-1)91-81-43-19-20-44-82(81)92(57-26-5-2-6-27-57)86-55-72-69(54-85(86)91)67-35-22-46-84(96-78-42-18-12-33-65(78)71-53-59(48-50-80(71)96)94-75-39-15-9-30-62(75)63-31-10-16-40-76(63)94)88(67)87-66(68-36-23-51-90-89(68)72)34-21-45-83(87)95-77-41-17-11-32-64(77)70-52-58(47-49-79(70)95)93-73-37-13-7-28-60(73)61-29-8-14-38-74(61)93/h1-55H. The molecule has 15 aromatic carbocycles. The normalized spacial score (nSPS) is 12.2. The highest BCUT2D eigenvalue weighted by atomic mass is 15.1. The van der Waals surface area contributed by atoms with Crippen molar-refractivity contribution >= 4 is 153 Å². The molecule has 7 heteroatoms. The quantitative estimate of drug-likeness (QED) is 0.153. The number of benzene rings is 14. The first kappa shape index (κ1) is 52.6. The van der Waals surface area contributed by atoms with Gasteiger partial charge in [-0.15, -0.1) is 0 Å². The van der Waals surface area contributed by atoms with Crippen LogP contribution in [0.25, 0.3) is 187 Å². The molecule has 0 saturated heterocycles. The Balaban J connectivity index is 0.951. The van der Waals surface area contributed by atoms with E-state index in [9.17, 15) is 0 Å². The molecule has 0 N–H and O–H groups in total. The zero-order valence-corrected chi connectivity index (χ0v) is 51.9. The molecule has 7 nitrogen and oxygen atoms in total. The molecule has 0 atom stereocenters. The van der Waals surface area contributed by atoms with Gasteiger partial charge in [-0.05, 0) is 156 Å². The van der Waals surface area contributed by atoms with Gasteiger partial charge in [0.25, 0.3) is 0 Å². The van der Waals surface area contributed by atoms with Crippen molar-refractivity contribution < 1.29 is 0 Å². The number of aromatic nitrogens is 7. The van der Waals surface area contributed by atoms with Crippen molar-refractivity contribution in [3.8, 4) is 34.1 Å². The van der Waals surface area contributed by atoms with E-state index in [2.05, 4.69) is 355 Å². The summed E-state index contributed by atoms with van der Waals surface area (Å²) < 4.78 is 14.9. The third kappa shape index (κ3) is 7.39. The Morgan fingerprint density at radius 1 is 0.167 bits per heavy atom. The maximum absolute atomic E-state index is 5.54. The first-order valence-electron chi connectivity index (χ1n) is 32.9. The Morgan fingerprint density at radius 2 is 0.479 bits per heavy atom. The number of fused-ring (bicyclic) bond motifs is 22. The van der Waals surface area contributed by atoms with E-state index in [1.807, 2.05) is 6.20 Å². The molecule has 0 unspecified atom stereocenters. The molecule has 0 aliphatic heterocycles. The molecule has 0 bridgehead atoms. The van der Waals surface area contributed by atoms with E-state index in [1.165, 1.54) is 65.2 Å². The fraction of sp³-hybridized carbons (Fsp3) is 0. The minimum Gasteiger partial charge on any atom is -0.309 e. The fourth-order valence-corrected chi connectivity index (χ4v) is 16.6. The number of nitrogens with zero attached hydrogens (tertiary/aromatic N) is 7. The largest absolute Gasteiger partial charge is 0.309 e. The lowest BCUT2D eigenvalue weighted by atomic mass is 9.93. The Kier molecular flexibility index (Phi) is 11.1. The van der Waals surface area contributed by atoms with Crippen molar-refractivity contribution in [1.29, 1.82) is 0 Å². The summed E-state index contributed by atoms with van der Waals surface area (Å²) in [6, 6.07) is 121. The van der Waals surface area contributed by atoms with Crippen LogP contribution in [-0.2, 0) is 0 Å². The predicted molar refractivity (Wildman–Crippen MR) is 403 cm³/mol. The Labute approximate surface area is 549 Å². The molecule has 96 heavy (non-hydrogen) atoms. The van der Waals surface area contributed by atoms with Crippen LogP contribution in [0.15, 0.2) is 334 Å². The van der Waals surface area contributed by atoms with Crippen LogP contribution in [0, 0.1) is 0 Å². The van der Waals surface area contributed by atoms with Gasteiger partial charge >= 0.3 is 0 Å². The lowest BCUT2D eigenvalue weighted by Gasteiger charge is -2.23. The average Bonchev–Trinajstić information content (AvgIpc) is 1.06. The lowest BCUT2D eigenvalue weighted by molar-refractivity contribution is 1.09. The SMILES string of the molecule is c1ccc(-n2c3ccccc3n(-c3ccccc3)c3cc4c(cc32)c2cccc(-n3c5ccccc5c5cc(-n6c7ccccc7c7ccccc76)ccc53)c2c2c(-n3c5ccccc5c5cc(-n6c7ccccc7c7ccccc76)ccc53)cccc2c2cccnc42)cc1. The van der Waals surface area contributed by atoms with Crippen LogP contribution in [0.4, 0.5) is 0 Å². The van der Waals surface area contributed by atoms with Crippen LogP contribution in [0.2, 0.25) is 0 Å². The van der Waals surface area contributed by atoms with Crippen LogP contribution in [0.5, 0.6) is 0 Å².